The number of benzene rings is 1. The highest BCUT2D eigenvalue weighted by molar-refractivity contribution is 7.98. The number of aliphatic hydroxyl groups is 1. The van der Waals surface area contributed by atoms with Crippen molar-refractivity contribution < 1.29 is 5.11 Å². The second-order valence-corrected chi connectivity index (χ2v) is 6.49. The van der Waals surface area contributed by atoms with Gasteiger partial charge in [-0.3, -0.25) is 4.79 Å². The highest BCUT2D eigenvalue weighted by Crippen LogP contribution is 2.24. The molecule has 3 rings (SSSR count). The summed E-state index contributed by atoms with van der Waals surface area (Å²) < 4.78 is 1.85. The number of aromatic nitrogens is 3. The average Bonchev–Trinajstić information content (AvgIpc) is 2.64. The van der Waals surface area contributed by atoms with Crippen molar-refractivity contribution in [1.29, 1.82) is 0 Å². The van der Waals surface area contributed by atoms with Crippen molar-refractivity contribution >= 4 is 23.4 Å². The van der Waals surface area contributed by atoms with Crippen LogP contribution < -0.4 is 5.56 Å². The zero-order chi connectivity index (χ0) is 17.8. The van der Waals surface area contributed by atoms with E-state index in [4.69, 9.17) is 11.6 Å². The van der Waals surface area contributed by atoms with E-state index in [9.17, 15) is 9.90 Å². The van der Waals surface area contributed by atoms with Crippen LogP contribution in [0.4, 0.5) is 0 Å². The van der Waals surface area contributed by atoms with Gasteiger partial charge in [0.1, 0.15) is 5.15 Å². The summed E-state index contributed by atoms with van der Waals surface area (Å²) in [6.07, 6.45) is 3.52. The molecule has 0 saturated carbocycles. The van der Waals surface area contributed by atoms with Crippen LogP contribution in [0.5, 0.6) is 0 Å². The molecule has 25 heavy (non-hydrogen) atoms. The van der Waals surface area contributed by atoms with E-state index in [2.05, 4.69) is 9.97 Å². The number of halogens is 1. The maximum atomic E-state index is 12.5. The number of aliphatic hydroxyl groups excluding tert-OH is 1. The topological polar surface area (TPSA) is 68.0 Å². The Morgan fingerprint density at radius 2 is 1.96 bits per heavy atom. The summed E-state index contributed by atoms with van der Waals surface area (Å²) in [7, 11) is 0. The number of thioether (sulfide) groups is 1. The van der Waals surface area contributed by atoms with Gasteiger partial charge in [0, 0.05) is 6.20 Å². The predicted octanol–water partition coefficient (Wildman–Crippen LogP) is 3.22. The molecule has 3 aromatic rings. The SMILES string of the molecule is CSc1nc(=O)c(-c2ccccc2)c(CO)n1Cc1ccc(Cl)nc1. The minimum Gasteiger partial charge on any atom is -0.390 e. The lowest BCUT2D eigenvalue weighted by Crippen LogP contribution is -2.22. The number of hydrogen-bond acceptors (Lipinski definition) is 5. The van der Waals surface area contributed by atoms with E-state index in [1.165, 1.54) is 11.8 Å². The molecule has 0 saturated heterocycles. The fraction of sp³-hybridized carbons (Fsp3) is 0.167. The largest absolute Gasteiger partial charge is 0.390 e. The van der Waals surface area contributed by atoms with Crippen LogP contribution in [0.3, 0.4) is 0 Å². The summed E-state index contributed by atoms with van der Waals surface area (Å²) in [5.74, 6) is 0. The monoisotopic (exact) mass is 373 g/mol. The minimum atomic E-state index is -0.343. The van der Waals surface area contributed by atoms with Gasteiger partial charge in [0.2, 0.25) is 0 Å². The molecule has 2 heterocycles. The normalized spacial score (nSPS) is 10.8. The Labute approximate surface area is 154 Å². The number of hydrogen-bond donors (Lipinski definition) is 1. The molecule has 1 aromatic carbocycles. The first kappa shape index (κ1) is 17.7. The molecule has 1 N–H and O–H groups in total. The van der Waals surface area contributed by atoms with Gasteiger partial charge in [0.15, 0.2) is 5.16 Å². The summed E-state index contributed by atoms with van der Waals surface area (Å²) in [5.41, 5.74) is 2.25. The molecule has 5 nitrogen and oxygen atoms in total. The molecule has 0 spiro atoms. The number of rotatable bonds is 5. The third-order valence-electron chi connectivity index (χ3n) is 3.78. The van der Waals surface area contributed by atoms with E-state index < -0.39 is 0 Å². The van der Waals surface area contributed by atoms with Crippen LogP contribution in [0.15, 0.2) is 58.6 Å². The molecule has 0 amide bonds. The Kier molecular flexibility index (Phi) is 5.53. The quantitative estimate of drug-likeness (QED) is 0.422. The number of nitrogens with zero attached hydrogens (tertiary/aromatic N) is 3. The summed E-state index contributed by atoms with van der Waals surface area (Å²) >= 11 is 7.20. The van der Waals surface area contributed by atoms with Crippen molar-refractivity contribution in [1.82, 2.24) is 14.5 Å². The zero-order valence-corrected chi connectivity index (χ0v) is 15.1. The molecular weight excluding hydrogens is 358 g/mol. The van der Waals surface area contributed by atoms with E-state index in [0.29, 0.717) is 28.1 Å². The Bertz CT molecular complexity index is 928. The van der Waals surface area contributed by atoms with Gasteiger partial charge in [-0.2, -0.15) is 4.98 Å². The Hall–Kier alpha value is -2.15. The van der Waals surface area contributed by atoms with Crippen LogP contribution in [0.2, 0.25) is 5.15 Å². The molecule has 0 atom stereocenters. The first-order valence-corrected chi connectivity index (χ1v) is 9.18. The van der Waals surface area contributed by atoms with Gasteiger partial charge in [0.25, 0.3) is 5.56 Å². The summed E-state index contributed by atoms with van der Waals surface area (Å²) in [6.45, 7) is 0.167. The second-order valence-electron chi connectivity index (χ2n) is 5.32. The molecule has 0 fully saturated rings. The van der Waals surface area contributed by atoms with Gasteiger partial charge >= 0.3 is 0 Å². The lowest BCUT2D eigenvalue weighted by molar-refractivity contribution is 0.268. The van der Waals surface area contributed by atoms with Crippen molar-refractivity contribution in [2.45, 2.75) is 18.3 Å². The van der Waals surface area contributed by atoms with Crippen molar-refractivity contribution in [3.63, 3.8) is 0 Å². The first-order chi connectivity index (χ1) is 12.1. The second kappa shape index (κ2) is 7.82. The average molecular weight is 374 g/mol. The maximum Gasteiger partial charge on any atom is 0.281 e. The molecule has 2 aromatic heterocycles. The lowest BCUT2D eigenvalue weighted by Gasteiger charge is -2.18. The molecule has 0 aliphatic carbocycles. The van der Waals surface area contributed by atoms with Gasteiger partial charge in [-0.25, -0.2) is 4.98 Å². The van der Waals surface area contributed by atoms with Crippen LogP contribution in [0.25, 0.3) is 11.1 Å². The van der Waals surface area contributed by atoms with E-state index in [1.807, 2.05) is 47.2 Å². The van der Waals surface area contributed by atoms with Gasteiger partial charge in [-0.1, -0.05) is 59.8 Å². The van der Waals surface area contributed by atoms with Crippen molar-refractivity contribution in [3.05, 3.63) is 75.4 Å². The smallest absolute Gasteiger partial charge is 0.281 e. The molecule has 0 radical (unpaired) electrons. The fourth-order valence-corrected chi connectivity index (χ4v) is 3.32. The Balaban J connectivity index is 2.19. The van der Waals surface area contributed by atoms with Crippen LogP contribution >= 0.6 is 23.4 Å². The van der Waals surface area contributed by atoms with Crippen molar-refractivity contribution in [2.24, 2.45) is 0 Å². The molecular formula is C18H16ClN3O2S. The molecule has 0 unspecified atom stereocenters. The molecule has 128 valence electrons. The summed E-state index contributed by atoms with van der Waals surface area (Å²) in [5, 5.41) is 11.0. The third-order valence-corrected chi connectivity index (χ3v) is 4.68. The molecule has 0 bridgehead atoms. The van der Waals surface area contributed by atoms with Crippen LogP contribution in [0, 0.1) is 0 Å². The standard InChI is InChI=1S/C18H16ClN3O2S/c1-25-18-21-17(24)16(13-5-3-2-4-6-13)14(11-23)22(18)10-12-7-8-15(19)20-9-12/h2-9,23H,10-11H2,1H3. The van der Waals surface area contributed by atoms with Gasteiger partial charge in [-0.05, 0) is 23.4 Å². The molecule has 7 heteroatoms. The number of pyridine rings is 1. The van der Waals surface area contributed by atoms with Crippen LogP contribution in [-0.4, -0.2) is 25.9 Å². The lowest BCUT2D eigenvalue weighted by atomic mass is 10.1. The molecule has 0 aliphatic heterocycles. The minimum absolute atomic E-state index is 0.267. The summed E-state index contributed by atoms with van der Waals surface area (Å²) in [6, 6.07) is 12.8. The Morgan fingerprint density at radius 3 is 2.56 bits per heavy atom. The van der Waals surface area contributed by atoms with Crippen molar-refractivity contribution in [2.75, 3.05) is 6.26 Å². The van der Waals surface area contributed by atoms with E-state index in [1.54, 1.807) is 12.3 Å². The predicted molar refractivity (Wildman–Crippen MR) is 100.0 cm³/mol. The van der Waals surface area contributed by atoms with E-state index in [0.717, 1.165) is 11.1 Å². The maximum absolute atomic E-state index is 12.5. The Morgan fingerprint density at radius 1 is 1.20 bits per heavy atom. The zero-order valence-electron chi connectivity index (χ0n) is 13.5. The van der Waals surface area contributed by atoms with Crippen LogP contribution in [-0.2, 0) is 13.2 Å². The van der Waals surface area contributed by atoms with Gasteiger partial charge in [-0.15, -0.1) is 0 Å². The highest BCUT2D eigenvalue weighted by atomic mass is 35.5. The van der Waals surface area contributed by atoms with Gasteiger partial charge < -0.3 is 9.67 Å². The third kappa shape index (κ3) is 3.76. The molecule has 0 aliphatic rings. The summed E-state index contributed by atoms with van der Waals surface area (Å²) in [4.78, 5) is 20.8. The first-order valence-electron chi connectivity index (χ1n) is 7.58. The van der Waals surface area contributed by atoms with E-state index >= 15 is 0 Å². The van der Waals surface area contributed by atoms with Gasteiger partial charge in [0.05, 0.1) is 24.4 Å². The van der Waals surface area contributed by atoms with E-state index in [-0.39, 0.29) is 12.2 Å². The highest BCUT2D eigenvalue weighted by Gasteiger charge is 2.18. The van der Waals surface area contributed by atoms with Crippen molar-refractivity contribution in [3.8, 4) is 11.1 Å². The van der Waals surface area contributed by atoms with Crippen LogP contribution in [0.1, 0.15) is 11.3 Å². The fourth-order valence-electron chi connectivity index (χ4n) is 2.64.